The molecule has 3 nitrogen and oxygen atoms in total. The van der Waals surface area contributed by atoms with Crippen molar-refractivity contribution in [1.82, 2.24) is 5.32 Å². The maximum Gasteiger partial charge on any atom is 0.290 e. The fourth-order valence-corrected chi connectivity index (χ4v) is 2.24. The summed E-state index contributed by atoms with van der Waals surface area (Å²) in [4.78, 5) is 22.3. The lowest BCUT2D eigenvalue weighted by atomic mass is 10.2. The first-order chi connectivity index (χ1) is 7.56. The highest BCUT2D eigenvalue weighted by atomic mass is 79.9. The Morgan fingerprint density at radius 2 is 2.12 bits per heavy atom. The number of carbonyl (C=O) groups excluding carboxylic acids is 2. The van der Waals surface area contributed by atoms with Gasteiger partial charge in [0.25, 0.3) is 11.1 Å². The van der Waals surface area contributed by atoms with E-state index in [1.165, 1.54) is 12.1 Å². The molecule has 0 aliphatic carbocycles. The number of nitrogens with one attached hydrogen (secondary N) is 1. The number of amides is 2. The molecule has 1 saturated heterocycles. The van der Waals surface area contributed by atoms with Gasteiger partial charge in [0.15, 0.2) is 0 Å². The van der Waals surface area contributed by atoms with Gasteiger partial charge in [-0.1, -0.05) is 15.9 Å². The van der Waals surface area contributed by atoms with Gasteiger partial charge in [-0.3, -0.25) is 14.9 Å². The minimum Gasteiger partial charge on any atom is -0.282 e. The van der Waals surface area contributed by atoms with E-state index in [0.717, 1.165) is 11.8 Å². The zero-order valence-corrected chi connectivity index (χ0v) is 10.2. The monoisotopic (exact) mass is 301 g/mol. The quantitative estimate of drug-likeness (QED) is 0.811. The van der Waals surface area contributed by atoms with Crippen LogP contribution in [0.15, 0.2) is 27.6 Å². The number of carbonyl (C=O) groups is 2. The first kappa shape index (κ1) is 11.3. The molecular formula is C10H5BrFNO2S. The average molecular weight is 302 g/mol. The van der Waals surface area contributed by atoms with E-state index in [0.29, 0.717) is 4.47 Å². The second-order valence-electron chi connectivity index (χ2n) is 3.02. The smallest absolute Gasteiger partial charge is 0.282 e. The second kappa shape index (κ2) is 4.39. The van der Waals surface area contributed by atoms with Crippen LogP contribution in [0.4, 0.5) is 9.18 Å². The summed E-state index contributed by atoms with van der Waals surface area (Å²) >= 11 is 3.97. The number of thioether (sulfide) groups is 1. The van der Waals surface area contributed by atoms with Gasteiger partial charge in [0, 0.05) is 10.0 Å². The van der Waals surface area contributed by atoms with Crippen molar-refractivity contribution in [3.8, 4) is 0 Å². The molecule has 2 rings (SSSR count). The standard InChI is InChI=1S/C10H5BrFNO2S/c11-6-1-2-7(12)5(3-6)4-8-9(14)13-10(15)16-8/h1-4H,(H,13,14,15)/b8-4-. The molecule has 1 aliphatic heterocycles. The second-order valence-corrected chi connectivity index (χ2v) is 4.95. The number of rotatable bonds is 1. The van der Waals surface area contributed by atoms with E-state index in [2.05, 4.69) is 21.2 Å². The van der Waals surface area contributed by atoms with Gasteiger partial charge in [-0.25, -0.2) is 4.39 Å². The van der Waals surface area contributed by atoms with Crippen LogP contribution in [-0.4, -0.2) is 11.1 Å². The predicted molar refractivity (Wildman–Crippen MR) is 63.2 cm³/mol. The topological polar surface area (TPSA) is 46.2 Å². The molecule has 0 spiro atoms. The van der Waals surface area contributed by atoms with Crippen molar-refractivity contribution in [1.29, 1.82) is 0 Å². The van der Waals surface area contributed by atoms with Crippen molar-refractivity contribution in [3.63, 3.8) is 0 Å². The van der Waals surface area contributed by atoms with Crippen LogP contribution in [-0.2, 0) is 4.79 Å². The van der Waals surface area contributed by atoms with Crippen molar-refractivity contribution < 1.29 is 14.0 Å². The molecule has 6 heteroatoms. The molecule has 1 aromatic rings. The van der Waals surface area contributed by atoms with Crippen LogP contribution in [0.3, 0.4) is 0 Å². The van der Waals surface area contributed by atoms with Crippen LogP contribution in [0.2, 0.25) is 0 Å². The molecule has 82 valence electrons. The lowest BCUT2D eigenvalue weighted by Crippen LogP contribution is -2.17. The zero-order valence-electron chi connectivity index (χ0n) is 7.79. The Labute approximate surface area is 103 Å². The van der Waals surface area contributed by atoms with Gasteiger partial charge in [-0.05, 0) is 36.0 Å². The molecule has 1 heterocycles. The third-order valence-corrected chi connectivity index (χ3v) is 3.19. The lowest BCUT2D eigenvalue weighted by molar-refractivity contribution is -0.115. The van der Waals surface area contributed by atoms with Gasteiger partial charge in [0.2, 0.25) is 0 Å². The Balaban J connectivity index is 2.39. The first-order valence-electron chi connectivity index (χ1n) is 4.26. The number of hydrogen-bond donors (Lipinski definition) is 1. The molecule has 0 radical (unpaired) electrons. The lowest BCUT2D eigenvalue weighted by Gasteiger charge is -1.98. The highest BCUT2D eigenvalue weighted by Crippen LogP contribution is 2.27. The summed E-state index contributed by atoms with van der Waals surface area (Å²) in [5.74, 6) is -0.933. The number of hydrogen-bond acceptors (Lipinski definition) is 3. The largest absolute Gasteiger partial charge is 0.290 e. The van der Waals surface area contributed by atoms with E-state index >= 15 is 0 Å². The first-order valence-corrected chi connectivity index (χ1v) is 5.87. The molecule has 2 amide bonds. The molecule has 0 unspecified atom stereocenters. The zero-order chi connectivity index (χ0) is 11.7. The SMILES string of the molecule is O=C1NC(=O)/C(=C/c2cc(Br)ccc2F)S1. The number of imide groups is 1. The van der Waals surface area contributed by atoms with Gasteiger partial charge in [-0.2, -0.15) is 0 Å². The minimum absolute atomic E-state index is 0.196. The number of halogens is 2. The molecule has 0 saturated carbocycles. The minimum atomic E-state index is -0.491. The van der Waals surface area contributed by atoms with Crippen LogP contribution >= 0.6 is 27.7 Å². The summed E-state index contributed by atoms with van der Waals surface area (Å²) in [6.45, 7) is 0. The van der Waals surface area contributed by atoms with E-state index in [1.807, 2.05) is 0 Å². The van der Waals surface area contributed by atoms with Gasteiger partial charge < -0.3 is 0 Å². The molecule has 0 atom stereocenters. The van der Waals surface area contributed by atoms with E-state index in [-0.39, 0.29) is 10.5 Å². The van der Waals surface area contributed by atoms with Crippen LogP contribution in [0.25, 0.3) is 6.08 Å². The maximum atomic E-state index is 13.4. The van der Waals surface area contributed by atoms with Crippen molar-refractivity contribution >= 4 is 44.9 Å². The van der Waals surface area contributed by atoms with Gasteiger partial charge in [0.05, 0.1) is 4.91 Å². The molecule has 1 aliphatic rings. The fourth-order valence-electron chi connectivity index (χ4n) is 1.19. The van der Waals surface area contributed by atoms with E-state index in [1.54, 1.807) is 12.1 Å². The predicted octanol–water partition coefficient (Wildman–Crippen LogP) is 2.91. The fraction of sp³-hybridized carbons (Fsp3) is 0. The maximum absolute atomic E-state index is 13.4. The summed E-state index contributed by atoms with van der Waals surface area (Å²) in [5.41, 5.74) is 0.265. The number of benzene rings is 1. The molecule has 1 aromatic carbocycles. The van der Waals surface area contributed by atoms with Gasteiger partial charge in [0.1, 0.15) is 5.82 Å². The van der Waals surface area contributed by atoms with Gasteiger partial charge in [-0.15, -0.1) is 0 Å². The van der Waals surface area contributed by atoms with Crippen LogP contribution in [0.1, 0.15) is 5.56 Å². The highest BCUT2D eigenvalue weighted by molar-refractivity contribution is 9.10. The summed E-state index contributed by atoms with van der Waals surface area (Å²) < 4.78 is 14.1. The average Bonchev–Trinajstić information content (AvgIpc) is 2.51. The Hall–Kier alpha value is -1.14. The highest BCUT2D eigenvalue weighted by Gasteiger charge is 2.25. The van der Waals surface area contributed by atoms with E-state index in [9.17, 15) is 14.0 Å². The van der Waals surface area contributed by atoms with Crippen molar-refractivity contribution in [2.24, 2.45) is 0 Å². The van der Waals surface area contributed by atoms with Crippen LogP contribution < -0.4 is 5.32 Å². The van der Waals surface area contributed by atoms with Crippen molar-refractivity contribution in [3.05, 3.63) is 39.0 Å². The third kappa shape index (κ3) is 2.33. The summed E-state index contributed by atoms with van der Waals surface area (Å²) in [6, 6.07) is 4.39. The molecular weight excluding hydrogens is 297 g/mol. The molecule has 1 fully saturated rings. The Morgan fingerprint density at radius 3 is 2.75 bits per heavy atom. The van der Waals surface area contributed by atoms with E-state index < -0.39 is 17.0 Å². The van der Waals surface area contributed by atoms with Crippen molar-refractivity contribution in [2.75, 3.05) is 0 Å². The molecule has 1 N–H and O–H groups in total. The molecule has 16 heavy (non-hydrogen) atoms. The summed E-state index contributed by atoms with van der Waals surface area (Å²) in [6.07, 6.45) is 1.35. The van der Waals surface area contributed by atoms with E-state index in [4.69, 9.17) is 0 Å². The molecule has 0 bridgehead atoms. The Bertz CT molecular complexity index is 516. The van der Waals surface area contributed by atoms with Crippen molar-refractivity contribution in [2.45, 2.75) is 0 Å². The Kier molecular flexibility index (Phi) is 3.11. The van der Waals surface area contributed by atoms with Gasteiger partial charge >= 0.3 is 0 Å². The molecule has 0 aromatic heterocycles. The summed E-state index contributed by atoms with van der Waals surface area (Å²) in [7, 11) is 0. The third-order valence-electron chi connectivity index (χ3n) is 1.89. The van der Waals surface area contributed by atoms with Crippen LogP contribution in [0, 0.1) is 5.82 Å². The normalized spacial score (nSPS) is 18.0. The Morgan fingerprint density at radius 1 is 1.38 bits per heavy atom. The summed E-state index contributed by atoms with van der Waals surface area (Å²) in [5, 5.41) is 1.67. The van der Waals surface area contributed by atoms with Crippen LogP contribution in [0.5, 0.6) is 0 Å².